The predicted octanol–water partition coefficient (Wildman–Crippen LogP) is 4.35. The summed E-state index contributed by atoms with van der Waals surface area (Å²) in [5, 5.41) is 6.18. The van der Waals surface area contributed by atoms with Crippen LogP contribution < -0.4 is 15.4 Å². The van der Waals surface area contributed by atoms with Crippen molar-refractivity contribution < 1.29 is 13.9 Å². The number of anilines is 2. The zero-order valence-corrected chi connectivity index (χ0v) is 15.6. The summed E-state index contributed by atoms with van der Waals surface area (Å²) >= 11 is 0. The number of carbonyl (C=O) groups excluding carboxylic acids is 1. The highest BCUT2D eigenvalue weighted by Crippen LogP contribution is 2.27. The molecule has 0 spiro atoms. The fourth-order valence-electron chi connectivity index (χ4n) is 3.08. The molecule has 4 rings (SSSR count). The molecule has 1 aromatic carbocycles. The summed E-state index contributed by atoms with van der Waals surface area (Å²) in [6.45, 7) is 2.85. The fourth-order valence-corrected chi connectivity index (χ4v) is 3.08. The van der Waals surface area contributed by atoms with E-state index in [0.29, 0.717) is 17.3 Å². The highest BCUT2D eigenvalue weighted by Gasteiger charge is 2.17. The largest absolute Gasteiger partial charge is 0.489 e. The number of hydrogen-bond donors (Lipinski definition) is 2. The van der Waals surface area contributed by atoms with Crippen molar-refractivity contribution in [2.24, 2.45) is 0 Å². The molecule has 1 aliphatic heterocycles. The number of para-hydroxylation sites is 2. The number of pyridine rings is 1. The van der Waals surface area contributed by atoms with E-state index in [1.54, 1.807) is 12.3 Å². The fraction of sp³-hybridized carbons (Fsp3) is 0.286. The normalized spacial score (nSPS) is 17.5. The van der Waals surface area contributed by atoms with Gasteiger partial charge in [-0.3, -0.25) is 4.79 Å². The van der Waals surface area contributed by atoms with Gasteiger partial charge in [-0.1, -0.05) is 12.1 Å². The van der Waals surface area contributed by atoms with Gasteiger partial charge in [-0.05, 0) is 50.5 Å². The van der Waals surface area contributed by atoms with E-state index in [1.807, 2.05) is 37.3 Å². The molecule has 7 heteroatoms. The average molecular weight is 378 g/mol. The number of hydrogen-bond acceptors (Lipinski definition) is 6. The summed E-state index contributed by atoms with van der Waals surface area (Å²) < 4.78 is 11.6. The number of fused-ring (bicyclic) bond motifs is 6. The SMILES string of the molecule is CC1CCCCNc2cc(ccn2)-c2nc(co2)C(=O)Nc2ccccc2O1. The summed E-state index contributed by atoms with van der Waals surface area (Å²) in [6.07, 6.45) is 6.03. The number of rotatable bonds is 0. The quantitative estimate of drug-likeness (QED) is 0.604. The number of oxazole rings is 1. The van der Waals surface area contributed by atoms with Gasteiger partial charge in [-0.25, -0.2) is 9.97 Å². The molecular weight excluding hydrogens is 356 g/mol. The third kappa shape index (κ3) is 4.14. The number of carbonyl (C=O) groups is 1. The van der Waals surface area contributed by atoms with Crippen LogP contribution in [0.3, 0.4) is 0 Å². The molecule has 4 bridgehead atoms. The van der Waals surface area contributed by atoms with E-state index in [4.69, 9.17) is 9.15 Å². The number of nitrogens with one attached hydrogen (secondary N) is 2. The third-order valence-corrected chi connectivity index (χ3v) is 4.55. The molecule has 1 amide bonds. The second kappa shape index (κ2) is 8.12. The van der Waals surface area contributed by atoms with Crippen molar-refractivity contribution in [2.75, 3.05) is 17.2 Å². The maximum atomic E-state index is 12.6. The van der Waals surface area contributed by atoms with E-state index in [1.165, 1.54) is 6.26 Å². The second-order valence-electron chi connectivity index (χ2n) is 6.77. The maximum absolute atomic E-state index is 12.6. The summed E-state index contributed by atoms with van der Waals surface area (Å²) in [5.41, 5.74) is 1.58. The van der Waals surface area contributed by atoms with Gasteiger partial charge in [0.05, 0.1) is 11.8 Å². The average Bonchev–Trinajstić information content (AvgIpc) is 3.19. The molecule has 1 atom stereocenters. The first-order valence-electron chi connectivity index (χ1n) is 9.42. The van der Waals surface area contributed by atoms with Crippen LogP contribution in [0.2, 0.25) is 0 Å². The first-order valence-corrected chi connectivity index (χ1v) is 9.42. The van der Waals surface area contributed by atoms with Crippen LogP contribution in [0.15, 0.2) is 53.3 Å². The Labute approximate surface area is 163 Å². The molecule has 2 N–H and O–H groups in total. The molecule has 1 unspecified atom stereocenters. The zero-order valence-electron chi connectivity index (χ0n) is 15.6. The molecule has 28 heavy (non-hydrogen) atoms. The topological polar surface area (TPSA) is 89.3 Å². The molecule has 0 radical (unpaired) electrons. The summed E-state index contributed by atoms with van der Waals surface area (Å²) in [7, 11) is 0. The molecule has 2 aromatic heterocycles. The van der Waals surface area contributed by atoms with Crippen molar-refractivity contribution in [3.63, 3.8) is 0 Å². The summed E-state index contributed by atoms with van der Waals surface area (Å²) in [5.74, 6) is 1.42. The van der Waals surface area contributed by atoms with E-state index < -0.39 is 0 Å². The molecule has 144 valence electrons. The maximum Gasteiger partial charge on any atom is 0.277 e. The van der Waals surface area contributed by atoms with Crippen LogP contribution in [0.4, 0.5) is 11.5 Å². The Morgan fingerprint density at radius 2 is 2.07 bits per heavy atom. The van der Waals surface area contributed by atoms with E-state index in [-0.39, 0.29) is 17.7 Å². The van der Waals surface area contributed by atoms with Gasteiger partial charge in [-0.2, -0.15) is 0 Å². The van der Waals surface area contributed by atoms with E-state index >= 15 is 0 Å². The monoisotopic (exact) mass is 378 g/mol. The standard InChI is InChI=1S/C21H22N4O3/c1-14-6-4-5-10-22-19-12-15(9-11-23-19)21-25-17(13-27-21)20(26)24-16-7-2-3-8-18(16)28-14/h2-3,7-9,11-14H,4-6,10H2,1H3,(H,22,23)(H,24,26). The van der Waals surface area contributed by atoms with Gasteiger partial charge in [0.1, 0.15) is 17.8 Å². The Kier molecular flexibility index (Phi) is 5.23. The lowest BCUT2D eigenvalue weighted by atomic mass is 10.1. The summed E-state index contributed by atoms with van der Waals surface area (Å²) in [4.78, 5) is 21.3. The Balaban J connectivity index is 1.65. The lowest BCUT2D eigenvalue weighted by molar-refractivity contribution is 0.102. The van der Waals surface area contributed by atoms with Gasteiger partial charge in [0.2, 0.25) is 5.89 Å². The molecule has 0 saturated heterocycles. The van der Waals surface area contributed by atoms with Gasteiger partial charge in [0.15, 0.2) is 5.69 Å². The van der Waals surface area contributed by atoms with Crippen molar-refractivity contribution in [3.05, 3.63) is 54.6 Å². The van der Waals surface area contributed by atoms with Gasteiger partial charge < -0.3 is 19.8 Å². The Morgan fingerprint density at radius 1 is 1.18 bits per heavy atom. The third-order valence-electron chi connectivity index (χ3n) is 4.55. The Bertz CT molecular complexity index is 970. The Hall–Kier alpha value is -3.35. The van der Waals surface area contributed by atoms with Crippen LogP contribution in [-0.2, 0) is 0 Å². The Morgan fingerprint density at radius 3 is 3.00 bits per heavy atom. The van der Waals surface area contributed by atoms with Crippen molar-refractivity contribution in [1.82, 2.24) is 9.97 Å². The van der Waals surface area contributed by atoms with Gasteiger partial charge in [0.25, 0.3) is 5.91 Å². The van der Waals surface area contributed by atoms with Gasteiger partial charge in [-0.15, -0.1) is 0 Å². The molecule has 3 aromatic rings. The predicted molar refractivity (Wildman–Crippen MR) is 107 cm³/mol. The minimum absolute atomic E-state index is 0.0360. The number of amides is 1. The van der Waals surface area contributed by atoms with Crippen LogP contribution in [0.5, 0.6) is 5.75 Å². The van der Waals surface area contributed by atoms with Gasteiger partial charge >= 0.3 is 0 Å². The highest BCUT2D eigenvalue weighted by molar-refractivity contribution is 6.03. The van der Waals surface area contributed by atoms with E-state index in [2.05, 4.69) is 20.6 Å². The van der Waals surface area contributed by atoms with Crippen molar-refractivity contribution in [2.45, 2.75) is 32.3 Å². The highest BCUT2D eigenvalue weighted by atomic mass is 16.5. The van der Waals surface area contributed by atoms with Crippen LogP contribution >= 0.6 is 0 Å². The van der Waals surface area contributed by atoms with E-state index in [0.717, 1.165) is 37.2 Å². The van der Waals surface area contributed by atoms with Crippen LogP contribution in [-0.4, -0.2) is 28.5 Å². The molecule has 1 aliphatic rings. The van der Waals surface area contributed by atoms with Crippen molar-refractivity contribution >= 4 is 17.4 Å². The van der Waals surface area contributed by atoms with E-state index in [9.17, 15) is 4.79 Å². The molecule has 0 fully saturated rings. The zero-order chi connectivity index (χ0) is 19.3. The lowest BCUT2D eigenvalue weighted by Crippen LogP contribution is -2.16. The first-order chi connectivity index (χ1) is 13.7. The number of aromatic nitrogens is 2. The molecule has 0 aliphatic carbocycles. The van der Waals surface area contributed by atoms with Crippen LogP contribution in [0, 0.1) is 0 Å². The number of ether oxygens (including phenoxy) is 1. The number of benzene rings is 1. The molecular formula is C21H22N4O3. The van der Waals surface area contributed by atoms with Crippen LogP contribution in [0.25, 0.3) is 11.5 Å². The minimum Gasteiger partial charge on any atom is -0.489 e. The minimum atomic E-state index is -0.351. The van der Waals surface area contributed by atoms with Crippen molar-refractivity contribution in [1.29, 1.82) is 0 Å². The number of nitrogens with zero attached hydrogens (tertiary/aromatic N) is 2. The first kappa shape index (κ1) is 18.0. The van der Waals surface area contributed by atoms with Crippen LogP contribution in [0.1, 0.15) is 36.7 Å². The molecule has 3 heterocycles. The smallest absolute Gasteiger partial charge is 0.277 e. The molecule has 7 nitrogen and oxygen atoms in total. The van der Waals surface area contributed by atoms with Crippen molar-refractivity contribution in [3.8, 4) is 17.2 Å². The van der Waals surface area contributed by atoms with Gasteiger partial charge in [0, 0.05) is 18.3 Å². The molecule has 0 saturated carbocycles. The lowest BCUT2D eigenvalue weighted by Gasteiger charge is -2.17. The summed E-state index contributed by atoms with van der Waals surface area (Å²) in [6, 6.07) is 11.1. The second-order valence-corrected chi connectivity index (χ2v) is 6.77.